The molecule has 0 amide bonds. The molecule has 90 valence electrons. The molecule has 0 aliphatic carbocycles. The first kappa shape index (κ1) is 13.5. The van der Waals surface area contributed by atoms with E-state index in [0.29, 0.717) is 17.8 Å². The third-order valence-electron chi connectivity index (χ3n) is 2.45. The van der Waals surface area contributed by atoms with Crippen molar-refractivity contribution in [3.63, 3.8) is 0 Å². The van der Waals surface area contributed by atoms with Crippen LogP contribution in [0.5, 0.6) is 0 Å². The van der Waals surface area contributed by atoms with Gasteiger partial charge in [0.05, 0.1) is 0 Å². The lowest BCUT2D eigenvalue weighted by atomic mass is 10.0. The second kappa shape index (κ2) is 6.87. The van der Waals surface area contributed by atoms with Crippen molar-refractivity contribution in [2.24, 2.45) is 5.92 Å². The van der Waals surface area contributed by atoms with Gasteiger partial charge in [0.2, 0.25) is 0 Å². The summed E-state index contributed by atoms with van der Waals surface area (Å²) in [5, 5.41) is 3.38. The number of nitrogens with one attached hydrogen (secondary N) is 1. The molecule has 0 bridgehead atoms. The van der Waals surface area contributed by atoms with Crippen molar-refractivity contribution in [1.29, 1.82) is 0 Å². The van der Waals surface area contributed by atoms with Gasteiger partial charge in [0.15, 0.2) is 0 Å². The molecule has 0 aliphatic rings. The second-order valence-corrected chi connectivity index (χ2v) is 4.80. The summed E-state index contributed by atoms with van der Waals surface area (Å²) in [6, 6.07) is 6.88. The predicted octanol–water partition coefficient (Wildman–Crippen LogP) is 3.57. The van der Waals surface area contributed by atoms with E-state index >= 15 is 0 Å². The molecule has 1 rings (SSSR count). The zero-order valence-corrected chi connectivity index (χ0v) is 10.6. The number of hydrogen-bond acceptors (Lipinski definition) is 1. The molecule has 16 heavy (non-hydrogen) atoms. The first-order chi connectivity index (χ1) is 7.61. The van der Waals surface area contributed by atoms with E-state index in [2.05, 4.69) is 19.2 Å². The Morgan fingerprint density at radius 3 is 2.38 bits per heavy atom. The fourth-order valence-electron chi connectivity index (χ4n) is 1.63. The molecule has 1 nitrogen and oxygen atoms in total. The van der Waals surface area contributed by atoms with E-state index in [-0.39, 0.29) is 5.82 Å². The van der Waals surface area contributed by atoms with Crippen LogP contribution in [0.15, 0.2) is 24.3 Å². The van der Waals surface area contributed by atoms with Crippen molar-refractivity contribution in [2.75, 3.05) is 5.88 Å². The number of benzene rings is 1. The van der Waals surface area contributed by atoms with Crippen LogP contribution >= 0.6 is 11.6 Å². The average Bonchev–Trinajstić information content (AvgIpc) is 2.26. The first-order valence-corrected chi connectivity index (χ1v) is 6.19. The van der Waals surface area contributed by atoms with E-state index in [9.17, 15) is 4.39 Å². The van der Waals surface area contributed by atoms with Gasteiger partial charge in [-0.05, 0) is 30.0 Å². The molecule has 3 heteroatoms. The normalized spacial score (nSPS) is 13.1. The molecule has 0 radical (unpaired) electrons. The summed E-state index contributed by atoms with van der Waals surface area (Å²) in [6.45, 7) is 5.10. The van der Waals surface area contributed by atoms with Crippen molar-refractivity contribution >= 4 is 11.6 Å². The van der Waals surface area contributed by atoms with E-state index in [1.54, 1.807) is 12.1 Å². The third-order valence-corrected chi connectivity index (χ3v) is 2.82. The fraction of sp³-hybridized carbons (Fsp3) is 0.538. The van der Waals surface area contributed by atoms with Gasteiger partial charge in [0.25, 0.3) is 0 Å². The maximum Gasteiger partial charge on any atom is 0.123 e. The summed E-state index contributed by atoms with van der Waals surface area (Å²) in [4.78, 5) is 0. The molecule has 0 aromatic heterocycles. The quantitative estimate of drug-likeness (QED) is 0.754. The van der Waals surface area contributed by atoms with E-state index < -0.39 is 0 Å². The Bertz CT molecular complexity index is 297. The summed E-state index contributed by atoms with van der Waals surface area (Å²) in [5.74, 6) is 1.05. The van der Waals surface area contributed by atoms with Crippen LogP contribution in [-0.2, 0) is 6.54 Å². The topological polar surface area (TPSA) is 12.0 Å². The van der Waals surface area contributed by atoms with Gasteiger partial charge in [-0.25, -0.2) is 4.39 Å². The zero-order valence-electron chi connectivity index (χ0n) is 9.84. The molecule has 1 aromatic carbocycles. The van der Waals surface area contributed by atoms with E-state index in [1.807, 2.05) is 0 Å². The minimum absolute atomic E-state index is 0.195. The second-order valence-electron chi connectivity index (χ2n) is 4.49. The highest BCUT2D eigenvalue weighted by Gasteiger charge is 2.08. The third kappa shape index (κ3) is 4.95. The number of halogens is 2. The molecule has 1 aromatic rings. The van der Waals surface area contributed by atoms with Gasteiger partial charge >= 0.3 is 0 Å². The maximum atomic E-state index is 12.7. The van der Waals surface area contributed by atoms with Crippen molar-refractivity contribution in [1.82, 2.24) is 5.32 Å². The largest absolute Gasteiger partial charge is 0.309 e. The Morgan fingerprint density at radius 2 is 1.88 bits per heavy atom. The first-order valence-electron chi connectivity index (χ1n) is 5.65. The lowest BCUT2D eigenvalue weighted by Crippen LogP contribution is -2.31. The molecule has 0 aliphatic heterocycles. The fourth-order valence-corrected chi connectivity index (χ4v) is 1.87. The Hall–Kier alpha value is -0.600. The molecular formula is C13H19ClFN. The van der Waals surface area contributed by atoms with Gasteiger partial charge in [-0.2, -0.15) is 0 Å². The van der Waals surface area contributed by atoms with Crippen LogP contribution < -0.4 is 5.32 Å². The highest BCUT2D eigenvalue weighted by molar-refractivity contribution is 6.18. The van der Waals surface area contributed by atoms with Crippen LogP contribution in [0, 0.1) is 11.7 Å². The Morgan fingerprint density at radius 1 is 1.25 bits per heavy atom. The van der Waals surface area contributed by atoms with E-state index in [1.165, 1.54) is 12.1 Å². The molecule has 0 fully saturated rings. The van der Waals surface area contributed by atoms with Crippen molar-refractivity contribution in [3.8, 4) is 0 Å². The molecule has 0 spiro atoms. The minimum Gasteiger partial charge on any atom is -0.309 e. The van der Waals surface area contributed by atoms with Crippen LogP contribution in [0.3, 0.4) is 0 Å². The number of hydrogen-bond donors (Lipinski definition) is 1. The summed E-state index contributed by atoms with van der Waals surface area (Å²) in [7, 11) is 0. The van der Waals surface area contributed by atoms with Gasteiger partial charge in [0, 0.05) is 18.5 Å². The monoisotopic (exact) mass is 243 g/mol. The average molecular weight is 244 g/mol. The van der Waals surface area contributed by atoms with Crippen LogP contribution in [0.2, 0.25) is 0 Å². The Balaban J connectivity index is 2.40. The van der Waals surface area contributed by atoms with Crippen LogP contribution in [0.25, 0.3) is 0 Å². The summed E-state index contributed by atoms with van der Waals surface area (Å²) < 4.78 is 12.7. The molecule has 0 saturated heterocycles. The molecule has 1 N–H and O–H groups in total. The lowest BCUT2D eigenvalue weighted by molar-refractivity contribution is 0.444. The Labute approximate surface area is 102 Å². The molecule has 1 unspecified atom stereocenters. The highest BCUT2D eigenvalue weighted by atomic mass is 35.5. The molecule has 0 heterocycles. The number of rotatable bonds is 6. The molecule has 1 atom stereocenters. The lowest BCUT2D eigenvalue weighted by Gasteiger charge is -2.18. The predicted molar refractivity (Wildman–Crippen MR) is 67.2 cm³/mol. The molecular weight excluding hydrogens is 225 g/mol. The zero-order chi connectivity index (χ0) is 12.0. The van der Waals surface area contributed by atoms with Crippen LogP contribution in [-0.4, -0.2) is 11.9 Å². The van der Waals surface area contributed by atoms with Gasteiger partial charge in [-0.3, -0.25) is 0 Å². The van der Waals surface area contributed by atoms with Crippen molar-refractivity contribution in [3.05, 3.63) is 35.6 Å². The highest BCUT2D eigenvalue weighted by Crippen LogP contribution is 2.08. The van der Waals surface area contributed by atoms with Gasteiger partial charge < -0.3 is 5.32 Å². The summed E-state index contributed by atoms with van der Waals surface area (Å²) in [6.07, 6.45) is 1.06. The van der Waals surface area contributed by atoms with E-state index in [0.717, 1.165) is 18.5 Å². The number of alkyl halides is 1. The van der Waals surface area contributed by atoms with Crippen molar-refractivity contribution in [2.45, 2.75) is 32.9 Å². The SMILES string of the molecule is CC(C)CC(CCl)NCc1ccc(F)cc1. The van der Waals surface area contributed by atoms with Gasteiger partial charge in [-0.15, -0.1) is 11.6 Å². The molecule has 0 saturated carbocycles. The smallest absolute Gasteiger partial charge is 0.123 e. The van der Waals surface area contributed by atoms with Crippen LogP contribution in [0.1, 0.15) is 25.8 Å². The maximum absolute atomic E-state index is 12.7. The van der Waals surface area contributed by atoms with E-state index in [4.69, 9.17) is 11.6 Å². The van der Waals surface area contributed by atoms with Gasteiger partial charge in [-0.1, -0.05) is 26.0 Å². The van der Waals surface area contributed by atoms with Crippen LogP contribution in [0.4, 0.5) is 4.39 Å². The minimum atomic E-state index is -0.195. The summed E-state index contributed by atoms with van der Waals surface area (Å²) in [5.41, 5.74) is 1.08. The Kier molecular flexibility index (Phi) is 5.78. The van der Waals surface area contributed by atoms with Crippen molar-refractivity contribution < 1.29 is 4.39 Å². The summed E-state index contributed by atoms with van der Waals surface area (Å²) >= 11 is 5.88. The van der Waals surface area contributed by atoms with Gasteiger partial charge in [0.1, 0.15) is 5.82 Å². The standard InChI is InChI=1S/C13H19ClFN/c1-10(2)7-13(8-14)16-9-11-3-5-12(15)6-4-11/h3-6,10,13,16H,7-9H2,1-2H3.